The lowest BCUT2D eigenvalue weighted by Crippen LogP contribution is -2.45. The van der Waals surface area contributed by atoms with Crippen LogP contribution in [0.15, 0.2) is 12.2 Å². The topological polar surface area (TPSA) is 20.2 Å². The molecule has 2 rings (SSSR count). The summed E-state index contributed by atoms with van der Waals surface area (Å²) in [6, 6.07) is 0. The zero-order chi connectivity index (χ0) is 8.60. The van der Waals surface area contributed by atoms with Crippen LogP contribution >= 0.6 is 0 Å². The van der Waals surface area contributed by atoms with Crippen LogP contribution in [-0.4, -0.2) is 10.7 Å². The van der Waals surface area contributed by atoms with Crippen molar-refractivity contribution in [3.8, 4) is 0 Å². The van der Waals surface area contributed by atoms with E-state index in [0.717, 1.165) is 19.3 Å². The molecule has 2 aliphatic rings. The maximum absolute atomic E-state index is 10.3. The van der Waals surface area contributed by atoms with Crippen molar-refractivity contribution in [3.05, 3.63) is 12.2 Å². The molecule has 0 aromatic carbocycles. The van der Waals surface area contributed by atoms with E-state index >= 15 is 0 Å². The molecule has 0 saturated heterocycles. The van der Waals surface area contributed by atoms with Gasteiger partial charge in [-0.25, -0.2) is 0 Å². The zero-order valence-electron chi connectivity index (χ0n) is 7.79. The molecule has 0 bridgehead atoms. The van der Waals surface area contributed by atoms with Crippen LogP contribution in [0.4, 0.5) is 0 Å². The van der Waals surface area contributed by atoms with E-state index in [9.17, 15) is 5.11 Å². The summed E-state index contributed by atoms with van der Waals surface area (Å²) in [5.41, 5.74) is -0.341. The fourth-order valence-corrected chi connectivity index (χ4v) is 2.88. The highest BCUT2D eigenvalue weighted by molar-refractivity contribution is 5.06. The summed E-state index contributed by atoms with van der Waals surface area (Å²) in [5.74, 6) is 1.25. The van der Waals surface area contributed by atoms with Gasteiger partial charge in [0.15, 0.2) is 0 Å². The minimum Gasteiger partial charge on any atom is -0.389 e. The fourth-order valence-electron chi connectivity index (χ4n) is 2.88. The van der Waals surface area contributed by atoms with Crippen LogP contribution in [0.5, 0.6) is 0 Å². The standard InChI is InChI=1S/C11H18O/c1-9-5-4-8-11(12)7-3-2-6-10(9)11/h2-3,9-10,12H,4-8H2,1H3/t9-,10+,11-/m0/s1. The summed E-state index contributed by atoms with van der Waals surface area (Å²) >= 11 is 0. The molecular weight excluding hydrogens is 148 g/mol. The Morgan fingerprint density at radius 1 is 1.42 bits per heavy atom. The number of hydrogen-bond acceptors (Lipinski definition) is 1. The highest BCUT2D eigenvalue weighted by Crippen LogP contribution is 2.44. The summed E-state index contributed by atoms with van der Waals surface area (Å²) in [6.45, 7) is 2.29. The molecule has 0 aromatic heterocycles. The smallest absolute Gasteiger partial charge is 0.0715 e. The van der Waals surface area contributed by atoms with Gasteiger partial charge >= 0.3 is 0 Å². The summed E-state index contributed by atoms with van der Waals surface area (Å²) < 4.78 is 0. The number of aliphatic hydroxyl groups is 1. The third-order valence-electron chi connectivity index (χ3n) is 3.67. The van der Waals surface area contributed by atoms with Crippen molar-refractivity contribution in [2.75, 3.05) is 0 Å². The lowest BCUT2D eigenvalue weighted by atomic mass is 9.65. The van der Waals surface area contributed by atoms with Gasteiger partial charge in [-0.05, 0) is 31.1 Å². The first-order valence-corrected chi connectivity index (χ1v) is 5.10. The van der Waals surface area contributed by atoms with Crippen LogP contribution < -0.4 is 0 Å². The molecule has 12 heavy (non-hydrogen) atoms. The normalized spacial score (nSPS) is 47.2. The summed E-state index contributed by atoms with van der Waals surface area (Å²) in [5, 5.41) is 10.3. The fraction of sp³-hybridized carbons (Fsp3) is 0.818. The van der Waals surface area contributed by atoms with Gasteiger partial charge in [0.25, 0.3) is 0 Å². The maximum Gasteiger partial charge on any atom is 0.0715 e. The number of rotatable bonds is 0. The number of allylic oxidation sites excluding steroid dienone is 1. The van der Waals surface area contributed by atoms with E-state index in [4.69, 9.17) is 0 Å². The van der Waals surface area contributed by atoms with Crippen molar-refractivity contribution in [2.45, 2.75) is 44.6 Å². The van der Waals surface area contributed by atoms with Crippen LogP contribution in [0.1, 0.15) is 39.0 Å². The SMILES string of the molecule is C[C@H]1CCC[C@@]2(O)CC=CC[C@H]12. The van der Waals surface area contributed by atoms with Gasteiger partial charge in [-0.1, -0.05) is 31.9 Å². The molecule has 1 nitrogen and oxygen atoms in total. The molecule has 0 amide bonds. The van der Waals surface area contributed by atoms with Crippen LogP contribution in [0.2, 0.25) is 0 Å². The van der Waals surface area contributed by atoms with E-state index in [-0.39, 0.29) is 5.60 Å². The molecular formula is C11H18O. The third kappa shape index (κ3) is 1.20. The predicted octanol–water partition coefficient (Wildman–Crippen LogP) is 2.50. The monoisotopic (exact) mass is 166 g/mol. The molecule has 0 heterocycles. The predicted molar refractivity (Wildman–Crippen MR) is 49.8 cm³/mol. The Balaban J connectivity index is 2.20. The van der Waals surface area contributed by atoms with Crippen LogP contribution in [0.3, 0.4) is 0 Å². The Morgan fingerprint density at radius 2 is 2.25 bits per heavy atom. The van der Waals surface area contributed by atoms with E-state index in [1.165, 1.54) is 12.8 Å². The highest BCUT2D eigenvalue weighted by atomic mass is 16.3. The molecule has 0 aliphatic heterocycles. The Hall–Kier alpha value is -0.300. The quantitative estimate of drug-likeness (QED) is 0.548. The Morgan fingerprint density at radius 3 is 3.00 bits per heavy atom. The van der Waals surface area contributed by atoms with E-state index < -0.39 is 0 Å². The largest absolute Gasteiger partial charge is 0.389 e. The van der Waals surface area contributed by atoms with Crippen molar-refractivity contribution in [1.29, 1.82) is 0 Å². The zero-order valence-corrected chi connectivity index (χ0v) is 7.79. The molecule has 0 aromatic rings. The molecule has 3 atom stereocenters. The molecule has 2 aliphatic carbocycles. The molecule has 0 spiro atoms. The van der Waals surface area contributed by atoms with E-state index in [2.05, 4.69) is 19.1 Å². The van der Waals surface area contributed by atoms with Crippen LogP contribution in [0, 0.1) is 11.8 Å². The molecule has 0 unspecified atom stereocenters. The Bertz CT molecular complexity index is 197. The summed E-state index contributed by atoms with van der Waals surface area (Å²) in [7, 11) is 0. The number of fused-ring (bicyclic) bond motifs is 1. The first-order valence-electron chi connectivity index (χ1n) is 5.10. The number of hydrogen-bond donors (Lipinski definition) is 1. The van der Waals surface area contributed by atoms with Gasteiger partial charge < -0.3 is 5.11 Å². The molecule has 0 radical (unpaired) electrons. The van der Waals surface area contributed by atoms with Crippen molar-refractivity contribution >= 4 is 0 Å². The molecule has 1 heteroatoms. The van der Waals surface area contributed by atoms with Crippen LogP contribution in [0.25, 0.3) is 0 Å². The lowest BCUT2D eigenvalue weighted by molar-refractivity contribution is -0.0708. The van der Waals surface area contributed by atoms with Gasteiger partial charge in [0.1, 0.15) is 0 Å². The van der Waals surface area contributed by atoms with E-state index in [1.807, 2.05) is 0 Å². The molecule has 1 saturated carbocycles. The van der Waals surface area contributed by atoms with Crippen molar-refractivity contribution in [2.24, 2.45) is 11.8 Å². The second-order valence-corrected chi connectivity index (χ2v) is 4.49. The van der Waals surface area contributed by atoms with Gasteiger partial charge in [-0.15, -0.1) is 0 Å². The van der Waals surface area contributed by atoms with Crippen molar-refractivity contribution < 1.29 is 5.11 Å². The Kier molecular flexibility index (Phi) is 1.99. The second-order valence-electron chi connectivity index (χ2n) is 4.49. The highest BCUT2D eigenvalue weighted by Gasteiger charge is 2.42. The minimum atomic E-state index is -0.341. The maximum atomic E-state index is 10.3. The van der Waals surface area contributed by atoms with E-state index in [1.54, 1.807) is 0 Å². The van der Waals surface area contributed by atoms with Gasteiger partial charge in [0.05, 0.1) is 5.60 Å². The van der Waals surface area contributed by atoms with Crippen LogP contribution in [-0.2, 0) is 0 Å². The molecule has 68 valence electrons. The van der Waals surface area contributed by atoms with Gasteiger partial charge in [0, 0.05) is 0 Å². The van der Waals surface area contributed by atoms with Gasteiger partial charge in [-0.2, -0.15) is 0 Å². The first-order chi connectivity index (χ1) is 5.72. The van der Waals surface area contributed by atoms with Crippen molar-refractivity contribution in [3.63, 3.8) is 0 Å². The van der Waals surface area contributed by atoms with Gasteiger partial charge in [0.2, 0.25) is 0 Å². The molecule has 1 fully saturated rings. The summed E-state index contributed by atoms with van der Waals surface area (Å²) in [6.07, 6.45) is 9.91. The second kappa shape index (κ2) is 2.88. The first kappa shape index (κ1) is 8.31. The third-order valence-corrected chi connectivity index (χ3v) is 3.67. The molecule has 1 N–H and O–H groups in total. The average molecular weight is 166 g/mol. The Labute approximate surface area is 74.5 Å². The van der Waals surface area contributed by atoms with E-state index in [0.29, 0.717) is 11.8 Å². The summed E-state index contributed by atoms with van der Waals surface area (Å²) in [4.78, 5) is 0. The van der Waals surface area contributed by atoms with Gasteiger partial charge in [-0.3, -0.25) is 0 Å². The lowest BCUT2D eigenvalue weighted by Gasteiger charge is -2.45. The average Bonchev–Trinajstić information content (AvgIpc) is 2.04. The van der Waals surface area contributed by atoms with Crippen molar-refractivity contribution in [1.82, 2.24) is 0 Å². The minimum absolute atomic E-state index is 0.341.